The zero-order chi connectivity index (χ0) is 18.8. The van der Waals surface area contributed by atoms with Crippen molar-refractivity contribution in [2.45, 2.75) is 18.8 Å². The van der Waals surface area contributed by atoms with Gasteiger partial charge in [-0.1, -0.05) is 6.07 Å². The number of likely N-dealkylation sites (tertiary alicyclic amines) is 1. The maximum absolute atomic E-state index is 12.9. The normalized spacial score (nSPS) is 22.2. The van der Waals surface area contributed by atoms with Gasteiger partial charge in [-0.25, -0.2) is 4.98 Å². The van der Waals surface area contributed by atoms with Gasteiger partial charge in [0.2, 0.25) is 0 Å². The van der Waals surface area contributed by atoms with Crippen molar-refractivity contribution in [3.8, 4) is 0 Å². The van der Waals surface area contributed by atoms with Crippen LogP contribution in [0.4, 0.5) is 5.82 Å². The highest BCUT2D eigenvalue weighted by Crippen LogP contribution is 2.35. The zero-order valence-electron chi connectivity index (χ0n) is 15.0. The van der Waals surface area contributed by atoms with Crippen molar-refractivity contribution in [3.63, 3.8) is 0 Å². The molecule has 7 heteroatoms. The average Bonchev–Trinajstić information content (AvgIpc) is 3.38. The van der Waals surface area contributed by atoms with Crippen LogP contribution in [0.5, 0.6) is 0 Å². The number of aliphatic carboxylic acids is 1. The van der Waals surface area contributed by atoms with E-state index in [2.05, 4.69) is 9.97 Å². The largest absolute Gasteiger partial charge is 0.481 e. The molecule has 2 aromatic rings. The van der Waals surface area contributed by atoms with Crippen molar-refractivity contribution in [2.24, 2.45) is 5.92 Å². The monoisotopic (exact) mass is 366 g/mol. The molecule has 2 aliphatic rings. The number of amides is 1. The molecule has 27 heavy (non-hydrogen) atoms. The summed E-state index contributed by atoms with van der Waals surface area (Å²) >= 11 is 0. The molecular formula is C20H22N4O3. The van der Waals surface area contributed by atoms with Crippen LogP contribution < -0.4 is 4.90 Å². The summed E-state index contributed by atoms with van der Waals surface area (Å²) in [7, 11) is 0. The molecule has 0 bridgehead atoms. The lowest BCUT2D eigenvalue weighted by molar-refractivity contribution is -0.141. The first kappa shape index (κ1) is 17.5. The number of hydrogen-bond donors (Lipinski definition) is 1. The van der Waals surface area contributed by atoms with E-state index in [0.717, 1.165) is 31.6 Å². The van der Waals surface area contributed by atoms with Crippen LogP contribution in [0.15, 0.2) is 42.7 Å². The molecule has 0 radical (unpaired) electrons. The minimum absolute atomic E-state index is 0.0243. The van der Waals surface area contributed by atoms with Crippen molar-refractivity contribution < 1.29 is 14.7 Å². The summed E-state index contributed by atoms with van der Waals surface area (Å²) in [5.74, 6) is -1.13. The van der Waals surface area contributed by atoms with Gasteiger partial charge in [0.05, 0.1) is 11.5 Å². The van der Waals surface area contributed by atoms with Crippen LogP contribution in [0, 0.1) is 5.92 Å². The van der Waals surface area contributed by atoms with E-state index >= 15 is 0 Å². The number of anilines is 1. The summed E-state index contributed by atoms with van der Waals surface area (Å²) in [5, 5.41) is 9.71. The van der Waals surface area contributed by atoms with E-state index in [1.807, 2.05) is 28.0 Å². The third kappa shape index (κ3) is 3.37. The minimum atomic E-state index is -0.850. The summed E-state index contributed by atoms with van der Waals surface area (Å²) in [6.07, 6.45) is 5.38. The number of nitrogens with zero attached hydrogens (tertiary/aromatic N) is 4. The lowest BCUT2D eigenvalue weighted by Crippen LogP contribution is -2.31. The standard InChI is InChI=1S/C20H22N4O3/c25-19(23-10-3-4-11-23)14-6-5-9-22-18(14)24-12-15(16(13-24)20(26)27)17-7-1-2-8-21-17/h1-2,5-9,15-16H,3-4,10-13H2,(H,26,27)/t15-,16-/m1/s1. The molecule has 0 aromatic carbocycles. The second kappa shape index (κ2) is 7.34. The Bertz CT molecular complexity index is 836. The molecule has 4 rings (SSSR count). The van der Waals surface area contributed by atoms with Gasteiger partial charge in [-0.05, 0) is 37.1 Å². The maximum atomic E-state index is 12.9. The Morgan fingerprint density at radius 1 is 1.00 bits per heavy atom. The van der Waals surface area contributed by atoms with Gasteiger partial charge in [0.15, 0.2) is 0 Å². The first-order valence-electron chi connectivity index (χ1n) is 9.28. The molecule has 7 nitrogen and oxygen atoms in total. The van der Waals surface area contributed by atoms with Crippen LogP contribution in [0.1, 0.15) is 34.8 Å². The van der Waals surface area contributed by atoms with Crippen molar-refractivity contribution in [1.82, 2.24) is 14.9 Å². The fraction of sp³-hybridized carbons (Fsp3) is 0.400. The number of carboxylic acids is 1. The molecule has 2 aliphatic heterocycles. The van der Waals surface area contributed by atoms with Crippen molar-refractivity contribution in [3.05, 3.63) is 54.0 Å². The molecule has 2 saturated heterocycles. The van der Waals surface area contributed by atoms with Crippen LogP contribution in [0.2, 0.25) is 0 Å². The third-order valence-electron chi connectivity index (χ3n) is 5.41. The zero-order valence-corrected chi connectivity index (χ0v) is 15.0. The van der Waals surface area contributed by atoms with Crippen LogP contribution in [-0.4, -0.2) is 58.0 Å². The molecule has 1 N–H and O–H groups in total. The fourth-order valence-electron chi connectivity index (χ4n) is 4.03. The molecule has 2 aromatic heterocycles. The highest BCUT2D eigenvalue weighted by Gasteiger charge is 2.41. The Balaban J connectivity index is 1.64. The van der Waals surface area contributed by atoms with Crippen LogP contribution in [-0.2, 0) is 4.79 Å². The van der Waals surface area contributed by atoms with Crippen LogP contribution >= 0.6 is 0 Å². The maximum Gasteiger partial charge on any atom is 0.309 e. The third-order valence-corrected chi connectivity index (χ3v) is 5.41. The number of hydrogen-bond acceptors (Lipinski definition) is 5. The number of carbonyl (C=O) groups is 2. The highest BCUT2D eigenvalue weighted by atomic mass is 16.4. The van der Waals surface area contributed by atoms with Gasteiger partial charge in [0.25, 0.3) is 5.91 Å². The van der Waals surface area contributed by atoms with E-state index in [1.165, 1.54) is 0 Å². The van der Waals surface area contributed by atoms with E-state index in [0.29, 0.717) is 24.5 Å². The van der Waals surface area contributed by atoms with Gasteiger partial charge in [-0.2, -0.15) is 0 Å². The predicted octanol–water partition coefficient (Wildman–Crippen LogP) is 2.02. The Kier molecular flexibility index (Phi) is 4.75. The quantitative estimate of drug-likeness (QED) is 0.891. The Hall–Kier alpha value is -2.96. The first-order chi connectivity index (χ1) is 13.1. The van der Waals surface area contributed by atoms with E-state index in [-0.39, 0.29) is 11.8 Å². The summed E-state index contributed by atoms with van der Waals surface area (Å²) in [4.78, 5) is 37.3. The van der Waals surface area contributed by atoms with Gasteiger partial charge in [-0.15, -0.1) is 0 Å². The number of aromatic nitrogens is 2. The Labute approximate surface area is 157 Å². The molecular weight excluding hydrogens is 344 g/mol. The van der Waals surface area contributed by atoms with Gasteiger partial charge in [0.1, 0.15) is 5.82 Å². The second-order valence-corrected chi connectivity index (χ2v) is 7.08. The minimum Gasteiger partial charge on any atom is -0.481 e. The highest BCUT2D eigenvalue weighted by molar-refractivity contribution is 5.99. The summed E-state index contributed by atoms with van der Waals surface area (Å²) in [6.45, 7) is 2.32. The van der Waals surface area contributed by atoms with E-state index in [4.69, 9.17) is 0 Å². The summed E-state index contributed by atoms with van der Waals surface area (Å²) in [6, 6.07) is 9.09. The lowest BCUT2D eigenvalue weighted by atomic mass is 9.93. The number of rotatable bonds is 4. The molecule has 140 valence electrons. The molecule has 0 unspecified atom stereocenters. The molecule has 4 heterocycles. The van der Waals surface area contributed by atoms with Crippen molar-refractivity contribution in [1.29, 1.82) is 0 Å². The molecule has 0 aliphatic carbocycles. The van der Waals surface area contributed by atoms with E-state index < -0.39 is 11.9 Å². The van der Waals surface area contributed by atoms with Gasteiger partial charge < -0.3 is 14.9 Å². The van der Waals surface area contributed by atoms with E-state index in [1.54, 1.807) is 24.5 Å². The van der Waals surface area contributed by atoms with Crippen molar-refractivity contribution >= 4 is 17.7 Å². The van der Waals surface area contributed by atoms with Crippen molar-refractivity contribution in [2.75, 3.05) is 31.1 Å². The average molecular weight is 366 g/mol. The lowest BCUT2D eigenvalue weighted by Gasteiger charge is -2.22. The molecule has 1 amide bonds. The van der Waals surface area contributed by atoms with Crippen LogP contribution in [0.3, 0.4) is 0 Å². The smallest absolute Gasteiger partial charge is 0.309 e. The van der Waals surface area contributed by atoms with Crippen LogP contribution in [0.25, 0.3) is 0 Å². The molecule has 0 spiro atoms. The number of pyridine rings is 2. The Morgan fingerprint density at radius 3 is 2.48 bits per heavy atom. The number of carboxylic acid groups (broad SMARTS) is 1. The van der Waals surface area contributed by atoms with Gasteiger partial charge in [-0.3, -0.25) is 14.6 Å². The number of carbonyl (C=O) groups excluding carboxylic acids is 1. The summed E-state index contributed by atoms with van der Waals surface area (Å²) in [5.41, 5.74) is 1.31. The summed E-state index contributed by atoms with van der Waals surface area (Å²) < 4.78 is 0. The fourth-order valence-corrected chi connectivity index (χ4v) is 4.03. The van der Waals surface area contributed by atoms with Gasteiger partial charge in [0, 0.05) is 50.2 Å². The second-order valence-electron chi connectivity index (χ2n) is 7.08. The van der Waals surface area contributed by atoms with Gasteiger partial charge >= 0.3 is 5.97 Å². The SMILES string of the molecule is O=C(O)[C@@H]1CN(c2ncccc2C(=O)N2CCCC2)C[C@H]1c1ccccn1. The first-order valence-corrected chi connectivity index (χ1v) is 9.28. The molecule has 0 saturated carbocycles. The van der Waals surface area contributed by atoms with E-state index in [9.17, 15) is 14.7 Å². The Morgan fingerprint density at radius 2 is 1.78 bits per heavy atom. The molecule has 2 fully saturated rings. The predicted molar refractivity (Wildman–Crippen MR) is 99.7 cm³/mol. The topological polar surface area (TPSA) is 86.6 Å². The molecule has 2 atom stereocenters.